The van der Waals surface area contributed by atoms with E-state index in [1.54, 1.807) is 47.9 Å². The summed E-state index contributed by atoms with van der Waals surface area (Å²) in [4.78, 5) is 11.2. The Labute approximate surface area is 157 Å². The molecule has 0 saturated carbocycles. The fraction of sp³-hybridized carbons (Fsp3) is 0.211. The molecule has 3 rings (SSSR count). The molecule has 0 aliphatic carbocycles. The van der Waals surface area contributed by atoms with Gasteiger partial charge in [-0.3, -0.25) is 4.79 Å². The van der Waals surface area contributed by atoms with Gasteiger partial charge in [-0.2, -0.15) is 0 Å². The molecule has 3 aromatic rings. The standard InChI is InChI=1S/C19H18ClNO4S/c1-13-17(11-25-14(2)22)18-5-3-4-10-21(18)19(13)26(23,24)12-15-6-8-16(20)9-7-15/h3-10H,11-12H2,1-2H3. The van der Waals surface area contributed by atoms with Gasteiger partial charge in [0.2, 0.25) is 0 Å². The number of esters is 1. The maximum Gasteiger partial charge on any atom is 0.302 e. The fourth-order valence-corrected chi connectivity index (χ4v) is 4.92. The van der Waals surface area contributed by atoms with E-state index in [0.29, 0.717) is 27.2 Å². The van der Waals surface area contributed by atoms with Crippen LogP contribution in [0.4, 0.5) is 0 Å². The van der Waals surface area contributed by atoms with Crippen LogP contribution in [0, 0.1) is 6.92 Å². The Morgan fingerprint density at radius 1 is 1.15 bits per heavy atom. The van der Waals surface area contributed by atoms with Crippen LogP contribution in [0.3, 0.4) is 0 Å². The van der Waals surface area contributed by atoms with E-state index in [9.17, 15) is 13.2 Å². The topological polar surface area (TPSA) is 64.9 Å². The summed E-state index contributed by atoms with van der Waals surface area (Å²) in [5.41, 5.74) is 2.64. The minimum atomic E-state index is -3.62. The van der Waals surface area contributed by atoms with Gasteiger partial charge >= 0.3 is 5.97 Å². The molecule has 0 aliphatic heterocycles. The summed E-state index contributed by atoms with van der Waals surface area (Å²) >= 11 is 5.87. The molecule has 0 unspecified atom stereocenters. The Bertz CT molecular complexity index is 1070. The van der Waals surface area contributed by atoms with Crippen LogP contribution < -0.4 is 0 Å². The van der Waals surface area contributed by atoms with Crippen molar-refractivity contribution >= 4 is 32.9 Å². The van der Waals surface area contributed by atoms with Crippen molar-refractivity contribution in [2.24, 2.45) is 0 Å². The van der Waals surface area contributed by atoms with E-state index >= 15 is 0 Å². The zero-order valence-electron chi connectivity index (χ0n) is 14.4. The summed E-state index contributed by atoms with van der Waals surface area (Å²) in [6.45, 7) is 3.09. The molecule has 0 bridgehead atoms. The maximum absolute atomic E-state index is 13.1. The lowest BCUT2D eigenvalue weighted by atomic mass is 10.2. The van der Waals surface area contributed by atoms with E-state index in [4.69, 9.17) is 16.3 Å². The van der Waals surface area contributed by atoms with Crippen molar-refractivity contribution in [2.75, 3.05) is 0 Å². The third kappa shape index (κ3) is 3.61. The van der Waals surface area contributed by atoms with Gasteiger partial charge < -0.3 is 9.14 Å². The highest BCUT2D eigenvalue weighted by molar-refractivity contribution is 7.90. The van der Waals surface area contributed by atoms with Crippen LogP contribution in [0.15, 0.2) is 53.7 Å². The number of sulfone groups is 1. The number of halogens is 1. The largest absolute Gasteiger partial charge is 0.461 e. The number of nitrogens with zero attached hydrogens (tertiary/aromatic N) is 1. The van der Waals surface area contributed by atoms with Crippen LogP contribution >= 0.6 is 11.6 Å². The zero-order valence-corrected chi connectivity index (χ0v) is 16.0. The Morgan fingerprint density at radius 2 is 1.85 bits per heavy atom. The highest BCUT2D eigenvalue weighted by Crippen LogP contribution is 2.29. The first-order valence-corrected chi connectivity index (χ1v) is 10.0. The van der Waals surface area contributed by atoms with Gasteiger partial charge in [-0.25, -0.2) is 8.42 Å². The minimum absolute atomic E-state index is 0.0329. The second-order valence-corrected chi connectivity index (χ2v) is 8.37. The van der Waals surface area contributed by atoms with Crippen LogP contribution in [0.2, 0.25) is 5.02 Å². The molecular weight excluding hydrogens is 374 g/mol. The number of carbonyl (C=O) groups is 1. The number of hydrogen-bond acceptors (Lipinski definition) is 4. The van der Waals surface area contributed by atoms with E-state index < -0.39 is 15.8 Å². The van der Waals surface area contributed by atoms with Crippen molar-refractivity contribution in [1.82, 2.24) is 4.40 Å². The number of fused-ring (bicyclic) bond motifs is 1. The highest BCUT2D eigenvalue weighted by atomic mass is 35.5. The molecular formula is C19H18ClNO4S. The second kappa shape index (κ2) is 7.13. The first-order valence-electron chi connectivity index (χ1n) is 7.98. The number of hydrogen-bond donors (Lipinski definition) is 0. The number of rotatable bonds is 5. The highest BCUT2D eigenvalue weighted by Gasteiger charge is 2.26. The van der Waals surface area contributed by atoms with Gasteiger partial charge in [0.25, 0.3) is 0 Å². The molecule has 2 aromatic heterocycles. The second-order valence-electron chi connectivity index (χ2n) is 6.03. The number of pyridine rings is 1. The molecule has 0 atom stereocenters. The van der Waals surface area contributed by atoms with Crippen molar-refractivity contribution in [1.29, 1.82) is 0 Å². The molecule has 0 saturated heterocycles. The van der Waals surface area contributed by atoms with Crippen LogP contribution in [0.25, 0.3) is 5.52 Å². The lowest BCUT2D eigenvalue weighted by Crippen LogP contribution is -2.09. The van der Waals surface area contributed by atoms with Crippen LogP contribution in [0.5, 0.6) is 0 Å². The first-order chi connectivity index (χ1) is 12.3. The summed E-state index contributed by atoms with van der Waals surface area (Å²) < 4.78 is 33.0. The fourth-order valence-electron chi connectivity index (χ4n) is 2.98. The number of carbonyl (C=O) groups excluding carboxylic acids is 1. The minimum Gasteiger partial charge on any atom is -0.461 e. The van der Waals surface area contributed by atoms with Gasteiger partial charge in [0.15, 0.2) is 9.84 Å². The van der Waals surface area contributed by atoms with Crippen molar-refractivity contribution in [3.8, 4) is 0 Å². The van der Waals surface area contributed by atoms with Crippen molar-refractivity contribution in [3.63, 3.8) is 0 Å². The predicted octanol–water partition coefficient (Wildman–Crippen LogP) is 3.94. The van der Waals surface area contributed by atoms with Gasteiger partial charge in [0.1, 0.15) is 11.6 Å². The molecule has 2 heterocycles. The van der Waals surface area contributed by atoms with Gasteiger partial charge in [-0.05, 0) is 42.3 Å². The Kier molecular flexibility index (Phi) is 5.07. The summed E-state index contributed by atoms with van der Waals surface area (Å²) in [5.74, 6) is -0.552. The van der Waals surface area contributed by atoms with E-state index in [2.05, 4.69) is 0 Å². The van der Waals surface area contributed by atoms with Crippen molar-refractivity contribution in [2.45, 2.75) is 31.2 Å². The smallest absolute Gasteiger partial charge is 0.302 e. The lowest BCUT2D eigenvalue weighted by molar-refractivity contribution is -0.142. The van der Waals surface area contributed by atoms with Crippen molar-refractivity contribution in [3.05, 3.63) is 70.4 Å². The monoisotopic (exact) mass is 391 g/mol. The Hall–Kier alpha value is -2.31. The molecule has 5 nitrogen and oxygen atoms in total. The van der Waals surface area contributed by atoms with Gasteiger partial charge in [-0.15, -0.1) is 0 Å². The normalized spacial score (nSPS) is 11.7. The summed E-state index contributed by atoms with van der Waals surface area (Å²) in [6.07, 6.45) is 1.70. The molecule has 1 aromatic carbocycles. The van der Waals surface area contributed by atoms with Crippen LogP contribution in [0.1, 0.15) is 23.6 Å². The molecule has 0 N–H and O–H groups in total. The van der Waals surface area contributed by atoms with Gasteiger partial charge in [0, 0.05) is 23.7 Å². The predicted molar refractivity (Wildman–Crippen MR) is 99.9 cm³/mol. The average molecular weight is 392 g/mol. The molecule has 7 heteroatoms. The van der Waals surface area contributed by atoms with Crippen LogP contribution in [-0.4, -0.2) is 18.8 Å². The quantitative estimate of drug-likeness (QED) is 0.618. The van der Waals surface area contributed by atoms with E-state index in [1.807, 2.05) is 12.1 Å². The van der Waals surface area contributed by atoms with Gasteiger partial charge in [-0.1, -0.05) is 29.8 Å². The molecule has 0 radical (unpaired) electrons. The Morgan fingerprint density at radius 3 is 2.50 bits per heavy atom. The third-order valence-electron chi connectivity index (χ3n) is 4.15. The first kappa shape index (κ1) is 18.5. The molecule has 0 fully saturated rings. The summed E-state index contributed by atoms with van der Waals surface area (Å²) in [6, 6.07) is 12.1. The van der Waals surface area contributed by atoms with Gasteiger partial charge in [0.05, 0.1) is 11.3 Å². The summed E-state index contributed by atoms with van der Waals surface area (Å²) in [5, 5.41) is 0.768. The van der Waals surface area contributed by atoms with E-state index in [1.165, 1.54) is 6.92 Å². The molecule has 26 heavy (non-hydrogen) atoms. The maximum atomic E-state index is 13.1. The van der Waals surface area contributed by atoms with E-state index in [0.717, 1.165) is 0 Å². The number of benzene rings is 1. The summed E-state index contributed by atoms with van der Waals surface area (Å²) in [7, 11) is -3.62. The average Bonchev–Trinajstić information content (AvgIpc) is 2.87. The number of aromatic nitrogens is 1. The Balaban J connectivity index is 2.10. The molecule has 0 amide bonds. The molecule has 136 valence electrons. The number of ether oxygens (including phenoxy) is 1. The lowest BCUT2D eigenvalue weighted by Gasteiger charge is -2.07. The van der Waals surface area contributed by atoms with Crippen molar-refractivity contribution < 1.29 is 17.9 Å². The molecule has 0 aliphatic rings. The van der Waals surface area contributed by atoms with Crippen LogP contribution in [-0.2, 0) is 31.7 Å². The molecule has 0 spiro atoms. The van der Waals surface area contributed by atoms with E-state index in [-0.39, 0.29) is 17.4 Å². The third-order valence-corrected chi connectivity index (χ3v) is 6.20. The zero-order chi connectivity index (χ0) is 18.9. The SMILES string of the molecule is CC(=O)OCc1c(C)c(S(=O)(=O)Cc2ccc(Cl)cc2)n2ccccc12.